The summed E-state index contributed by atoms with van der Waals surface area (Å²) in [4.78, 5) is 11.9. The number of rotatable bonds is 5. The number of methoxy groups -OCH3 is 1. The first kappa shape index (κ1) is 15.7. The highest BCUT2D eigenvalue weighted by Gasteiger charge is 2.05. The summed E-state index contributed by atoms with van der Waals surface area (Å²) in [5.41, 5.74) is 1.49. The predicted octanol–water partition coefficient (Wildman–Crippen LogP) is 4.16. The van der Waals surface area contributed by atoms with Crippen molar-refractivity contribution in [3.63, 3.8) is 0 Å². The second-order valence-corrected chi connectivity index (χ2v) is 5.55. The van der Waals surface area contributed by atoms with E-state index in [1.165, 1.54) is 0 Å². The number of carbonyl (C=O) groups excluding carboxylic acids is 1. The molecule has 0 saturated carbocycles. The summed E-state index contributed by atoms with van der Waals surface area (Å²) in [6.07, 6.45) is 0. The number of amides is 1. The molecule has 0 aliphatic heterocycles. The molecule has 0 fully saturated rings. The van der Waals surface area contributed by atoms with Crippen molar-refractivity contribution in [2.75, 3.05) is 24.3 Å². The molecule has 0 unspecified atom stereocenters. The molecule has 1 amide bonds. The predicted molar refractivity (Wildman–Crippen MR) is 89.3 cm³/mol. The van der Waals surface area contributed by atoms with Crippen molar-refractivity contribution in [3.05, 3.63) is 52.0 Å². The summed E-state index contributed by atoms with van der Waals surface area (Å²) in [6, 6.07) is 12.5. The first-order chi connectivity index (χ1) is 10.1. The molecule has 0 aliphatic rings. The number of hydrogen-bond acceptors (Lipinski definition) is 3. The van der Waals surface area contributed by atoms with Crippen LogP contribution in [0, 0.1) is 0 Å². The summed E-state index contributed by atoms with van der Waals surface area (Å²) >= 11 is 9.31. The first-order valence-electron chi connectivity index (χ1n) is 6.21. The normalized spacial score (nSPS) is 10.0. The van der Waals surface area contributed by atoms with E-state index in [4.69, 9.17) is 16.3 Å². The Kier molecular flexibility index (Phi) is 5.47. The minimum absolute atomic E-state index is 0.144. The third kappa shape index (κ3) is 4.65. The van der Waals surface area contributed by atoms with Crippen LogP contribution in [-0.2, 0) is 4.79 Å². The quantitative estimate of drug-likeness (QED) is 0.832. The standard InChI is InChI=1S/C15H14BrClN2O2/c1-21-12-5-3-11(4-6-12)19-15(20)9-18-14-8-10(17)2-7-13(14)16/h2-8,18H,9H2,1H3,(H,19,20). The van der Waals surface area contributed by atoms with E-state index in [1.54, 1.807) is 43.5 Å². The maximum absolute atomic E-state index is 11.9. The lowest BCUT2D eigenvalue weighted by Crippen LogP contribution is -2.21. The van der Waals surface area contributed by atoms with Gasteiger partial charge in [0.1, 0.15) is 5.75 Å². The lowest BCUT2D eigenvalue weighted by Gasteiger charge is -2.10. The van der Waals surface area contributed by atoms with Gasteiger partial charge in [0.05, 0.1) is 19.3 Å². The molecule has 2 aromatic carbocycles. The van der Waals surface area contributed by atoms with Crippen molar-refractivity contribution in [2.45, 2.75) is 0 Å². The number of nitrogens with one attached hydrogen (secondary N) is 2. The molecule has 4 nitrogen and oxygen atoms in total. The molecule has 0 spiro atoms. The van der Waals surface area contributed by atoms with E-state index in [0.29, 0.717) is 10.7 Å². The van der Waals surface area contributed by atoms with Crippen molar-refractivity contribution in [3.8, 4) is 5.75 Å². The van der Waals surface area contributed by atoms with Gasteiger partial charge < -0.3 is 15.4 Å². The molecule has 0 aliphatic carbocycles. The van der Waals surface area contributed by atoms with Gasteiger partial charge in [-0.15, -0.1) is 0 Å². The van der Waals surface area contributed by atoms with E-state index in [2.05, 4.69) is 26.6 Å². The molecule has 0 atom stereocenters. The highest BCUT2D eigenvalue weighted by atomic mass is 79.9. The van der Waals surface area contributed by atoms with Crippen LogP contribution in [0.15, 0.2) is 46.9 Å². The van der Waals surface area contributed by atoms with Crippen molar-refractivity contribution >= 4 is 44.8 Å². The van der Waals surface area contributed by atoms with Crippen molar-refractivity contribution in [2.24, 2.45) is 0 Å². The maximum Gasteiger partial charge on any atom is 0.243 e. The Hall–Kier alpha value is -1.72. The number of halogens is 2. The van der Waals surface area contributed by atoms with Crippen LogP contribution in [0.5, 0.6) is 5.75 Å². The summed E-state index contributed by atoms with van der Waals surface area (Å²) < 4.78 is 5.91. The van der Waals surface area contributed by atoms with Crippen LogP contribution in [0.2, 0.25) is 5.02 Å². The largest absolute Gasteiger partial charge is 0.497 e. The van der Waals surface area contributed by atoms with Crippen LogP contribution >= 0.6 is 27.5 Å². The molecular weight excluding hydrogens is 356 g/mol. The zero-order valence-electron chi connectivity index (χ0n) is 11.3. The molecule has 2 N–H and O–H groups in total. The zero-order valence-corrected chi connectivity index (χ0v) is 13.7. The minimum Gasteiger partial charge on any atom is -0.497 e. The number of anilines is 2. The second-order valence-electron chi connectivity index (χ2n) is 4.25. The smallest absolute Gasteiger partial charge is 0.243 e. The molecule has 110 valence electrons. The minimum atomic E-state index is -0.146. The van der Waals surface area contributed by atoms with E-state index >= 15 is 0 Å². The molecule has 0 heterocycles. The lowest BCUT2D eigenvalue weighted by molar-refractivity contribution is -0.114. The highest BCUT2D eigenvalue weighted by molar-refractivity contribution is 9.10. The van der Waals surface area contributed by atoms with Gasteiger partial charge in [-0.05, 0) is 58.4 Å². The summed E-state index contributed by atoms with van der Waals surface area (Å²) in [5, 5.41) is 6.43. The second kappa shape index (κ2) is 7.33. The molecule has 2 rings (SSSR count). The number of carbonyl (C=O) groups is 1. The highest BCUT2D eigenvalue weighted by Crippen LogP contribution is 2.25. The van der Waals surface area contributed by atoms with E-state index in [1.807, 2.05) is 6.07 Å². The third-order valence-electron chi connectivity index (χ3n) is 2.74. The molecule has 2 aromatic rings. The summed E-state index contributed by atoms with van der Waals surface area (Å²) in [7, 11) is 1.60. The van der Waals surface area contributed by atoms with Gasteiger partial charge in [0.2, 0.25) is 5.91 Å². The Balaban J connectivity index is 1.91. The average molecular weight is 370 g/mol. The summed E-state index contributed by atoms with van der Waals surface area (Å²) in [6.45, 7) is 0.144. The Bertz CT molecular complexity index is 632. The molecule has 21 heavy (non-hydrogen) atoms. The van der Waals surface area contributed by atoms with E-state index in [9.17, 15) is 4.79 Å². The number of ether oxygens (including phenoxy) is 1. The van der Waals surface area contributed by atoms with Crippen LogP contribution in [0.1, 0.15) is 0 Å². The van der Waals surface area contributed by atoms with Gasteiger partial charge in [0.15, 0.2) is 0 Å². The Labute approximate surface area is 136 Å². The third-order valence-corrected chi connectivity index (χ3v) is 3.67. The van der Waals surface area contributed by atoms with Crippen LogP contribution in [0.25, 0.3) is 0 Å². The van der Waals surface area contributed by atoms with Crippen molar-refractivity contribution < 1.29 is 9.53 Å². The topological polar surface area (TPSA) is 50.4 Å². The fraction of sp³-hybridized carbons (Fsp3) is 0.133. The Morgan fingerprint density at radius 2 is 1.95 bits per heavy atom. The monoisotopic (exact) mass is 368 g/mol. The molecule has 0 bridgehead atoms. The fourth-order valence-corrected chi connectivity index (χ4v) is 2.25. The van der Waals surface area contributed by atoms with E-state index in [0.717, 1.165) is 15.9 Å². The Morgan fingerprint density at radius 3 is 2.62 bits per heavy atom. The molecular formula is C15H14BrClN2O2. The van der Waals surface area contributed by atoms with Gasteiger partial charge in [-0.2, -0.15) is 0 Å². The maximum atomic E-state index is 11.9. The zero-order chi connectivity index (χ0) is 15.2. The van der Waals surface area contributed by atoms with Crippen molar-refractivity contribution in [1.82, 2.24) is 0 Å². The van der Waals surface area contributed by atoms with Crippen LogP contribution in [-0.4, -0.2) is 19.6 Å². The van der Waals surface area contributed by atoms with Gasteiger partial charge >= 0.3 is 0 Å². The molecule has 6 heteroatoms. The lowest BCUT2D eigenvalue weighted by atomic mass is 10.3. The van der Waals surface area contributed by atoms with E-state index in [-0.39, 0.29) is 12.5 Å². The van der Waals surface area contributed by atoms with E-state index < -0.39 is 0 Å². The molecule has 0 radical (unpaired) electrons. The molecule has 0 saturated heterocycles. The van der Waals surface area contributed by atoms with Gasteiger partial charge in [-0.25, -0.2) is 0 Å². The average Bonchev–Trinajstić information content (AvgIpc) is 2.49. The van der Waals surface area contributed by atoms with Gasteiger partial charge in [-0.1, -0.05) is 11.6 Å². The number of hydrogen-bond donors (Lipinski definition) is 2. The SMILES string of the molecule is COc1ccc(NC(=O)CNc2cc(Cl)ccc2Br)cc1. The van der Waals surface area contributed by atoms with Crippen molar-refractivity contribution in [1.29, 1.82) is 0 Å². The fourth-order valence-electron chi connectivity index (χ4n) is 1.69. The van der Waals surface area contributed by atoms with Gasteiger partial charge in [0, 0.05) is 15.2 Å². The van der Waals surface area contributed by atoms with Gasteiger partial charge in [-0.3, -0.25) is 4.79 Å². The van der Waals surface area contributed by atoms with Crippen LogP contribution in [0.3, 0.4) is 0 Å². The number of benzene rings is 2. The van der Waals surface area contributed by atoms with Crippen LogP contribution in [0.4, 0.5) is 11.4 Å². The van der Waals surface area contributed by atoms with Crippen LogP contribution < -0.4 is 15.4 Å². The summed E-state index contributed by atoms with van der Waals surface area (Å²) in [5.74, 6) is 0.598. The first-order valence-corrected chi connectivity index (χ1v) is 7.38. The Morgan fingerprint density at radius 1 is 1.24 bits per heavy atom. The molecule has 0 aromatic heterocycles. The van der Waals surface area contributed by atoms with Gasteiger partial charge in [0.25, 0.3) is 0 Å².